The molecule has 1 saturated carbocycles. The lowest BCUT2D eigenvalue weighted by molar-refractivity contribution is -0.137. The van der Waals surface area contributed by atoms with Crippen molar-refractivity contribution >= 4 is 73.3 Å². The fourth-order valence-electron chi connectivity index (χ4n) is 9.14. The van der Waals surface area contributed by atoms with Crippen molar-refractivity contribution in [1.29, 1.82) is 0 Å². The van der Waals surface area contributed by atoms with Crippen LogP contribution < -0.4 is 10.6 Å². The average molecular weight is 914 g/mol. The molecule has 2 aromatic heterocycles. The van der Waals surface area contributed by atoms with Crippen LogP contribution in [0.25, 0.3) is 44.2 Å². The highest BCUT2D eigenvalue weighted by Gasteiger charge is 2.56. The predicted octanol–water partition coefficient (Wildman–Crippen LogP) is 8.83. The molecule has 2 saturated heterocycles. The summed E-state index contributed by atoms with van der Waals surface area (Å²) in [5.41, 5.74) is 5.10. The maximum Gasteiger partial charge on any atom is 0.407 e. The van der Waals surface area contributed by atoms with Gasteiger partial charge in [0, 0.05) is 22.4 Å². The number of nitrogens with zero attached hydrogens (tertiary/aromatic N) is 4. The number of benzene rings is 3. The SMILES string of the molecule is C=C[C@@H]1CC[C@@H](c2nc3c(cc(Cl)c4cc(-c5ccc(-c6nc([C@@H]7C[C@H]8C[C@H]8N7C(=O)[C@@H](NC(=O)OC)C(C)C)[nH]c6Br)cc5)ccc43)[nH]2)N1C(=O)[C@@H](NC(=O)OC)C(C)C. The van der Waals surface area contributed by atoms with Gasteiger partial charge in [-0.1, -0.05) is 81.8 Å². The van der Waals surface area contributed by atoms with Crippen molar-refractivity contribution in [2.75, 3.05) is 14.2 Å². The van der Waals surface area contributed by atoms with Gasteiger partial charge in [0.05, 0.1) is 48.4 Å². The molecule has 4 N–H and O–H groups in total. The Morgan fingerprint density at radius 3 is 2.03 bits per heavy atom. The van der Waals surface area contributed by atoms with Crippen molar-refractivity contribution in [3.05, 3.63) is 82.5 Å². The summed E-state index contributed by atoms with van der Waals surface area (Å²) in [5, 5.41) is 7.73. The molecule has 1 aliphatic carbocycles. The highest BCUT2D eigenvalue weighted by molar-refractivity contribution is 9.10. The third-order valence-corrected chi connectivity index (χ3v) is 13.3. The van der Waals surface area contributed by atoms with Crippen LogP contribution in [0.1, 0.15) is 77.1 Å². The van der Waals surface area contributed by atoms with Crippen LogP contribution in [-0.2, 0) is 19.1 Å². The number of halogens is 2. The number of ether oxygens (including phenoxy) is 2. The van der Waals surface area contributed by atoms with E-state index in [0.29, 0.717) is 35.4 Å². The number of hydrogen-bond acceptors (Lipinski definition) is 8. The molecule has 0 radical (unpaired) electrons. The van der Waals surface area contributed by atoms with Gasteiger partial charge in [0.1, 0.15) is 34.0 Å². The molecule has 2 aliphatic heterocycles. The monoisotopic (exact) mass is 912 g/mol. The number of hydrogen-bond donors (Lipinski definition) is 4. The summed E-state index contributed by atoms with van der Waals surface area (Å²) in [4.78, 5) is 72.9. The molecule has 61 heavy (non-hydrogen) atoms. The van der Waals surface area contributed by atoms with E-state index in [-0.39, 0.29) is 47.8 Å². The number of methoxy groups -OCH3 is 2. The average Bonchev–Trinajstić information content (AvgIpc) is 3.63. The Morgan fingerprint density at radius 2 is 1.41 bits per heavy atom. The highest BCUT2D eigenvalue weighted by Crippen LogP contribution is 2.54. The second kappa shape index (κ2) is 16.8. The van der Waals surface area contributed by atoms with Crippen molar-refractivity contribution in [2.45, 2.75) is 89.6 Å². The van der Waals surface area contributed by atoms with Gasteiger partial charge in [-0.3, -0.25) is 9.59 Å². The number of piperidine rings is 1. The molecule has 320 valence electrons. The number of aromatic amines is 2. The quantitative estimate of drug-likeness (QED) is 0.0952. The first-order valence-electron chi connectivity index (χ1n) is 20.7. The lowest BCUT2D eigenvalue weighted by Gasteiger charge is -2.33. The van der Waals surface area contributed by atoms with Gasteiger partial charge >= 0.3 is 12.2 Å². The first kappa shape index (κ1) is 42.3. The minimum absolute atomic E-state index is 0.124. The molecular formula is C45H50BrClN8O6. The molecule has 4 amide bonds. The fourth-order valence-corrected chi connectivity index (χ4v) is 9.92. The Morgan fingerprint density at radius 1 is 0.803 bits per heavy atom. The minimum Gasteiger partial charge on any atom is -0.453 e. The molecule has 3 fully saturated rings. The smallest absolute Gasteiger partial charge is 0.407 e. The molecule has 0 unspecified atom stereocenters. The molecule has 7 atom stereocenters. The zero-order chi connectivity index (χ0) is 43.4. The molecule has 4 heterocycles. The number of carbonyl (C=O) groups excluding carboxylic acids is 4. The van der Waals surface area contributed by atoms with Crippen molar-refractivity contribution in [2.24, 2.45) is 17.8 Å². The van der Waals surface area contributed by atoms with E-state index in [4.69, 9.17) is 31.0 Å². The van der Waals surface area contributed by atoms with Crippen molar-refractivity contribution in [3.63, 3.8) is 0 Å². The van der Waals surface area contributed by atoms with Gasteiger partial charge < -0.3 is 39.9 Å². The van der Waals surface area contributed by atoms with Gasteiger partial charge in [-0.25, -0.2) is 19.6 Å². The number of likely N-dealkylation sites (tertiary alicyclic amines) is 2. The van der Waals surface area contributed by atoms with E-state index in [1.54, 1.807) is 11.0 Å². The third-order valence-electron chi connectivity index (χ3n) is 12.5. The Kier molecular flexibility index (Phi) is 11.6. The van der Waals surface area contributed by atoms with E-state index in [0.717, 1.165) is 61.6 Å². The lowest BCUT2D eigenvalue weighted by atomic mass is 9.99. The molecule has 8 rings (SSSR count). The Hall–Kier alpha value is -5.41. The molecule has 5 aromatic rings. The normalized spacial score (nSPS) is 21.8. The number of fused-ring (bicyclic) bond motifs is 4. The molecule has 3 aromatic carbocycles. The Bertz CT molecular complexity index is 2540. The second-order valence-electron chi connectivity index (χ2n) is 16.9. The van der Waals surface area contributed by atoms with Crippen molar-refractivity contribution < 1.29 is 28.7 Å². The molecular weight excluding hydrogens is 864 g/mol. The summed E-state index contributed by atoms with van der Waals surface area (Å²) >= 11 is 10.7. The molecule has 14 nitrogen and oxygen atoms in total. The van der Waals surface area contributed by atoms with Crippen LogP contribution in [0.3, 0.4) is 0 Å². The van der Waals surface area contributed by atoms with E-state index in [1.165, 1.54) is 14.2 Å². The third kappa shape index (κ3) is 7.86. The molecule has 0 spiro atoms. The van der Waals surface area contributed by atoms with Crippen LogP contribution in [0.4, 0.5) is 9.59 Å². The topological polar surface area (TPSA) is 175 Å². The van der Waals surface area contributed by atoms with Gasteiger partial charge in [-0.2, -0.15) is 0 Å². The van der Waals surface area contributed by atoms with Crippen LogP contribution >= 0.6 is 27.5 Å². The predicted molar refractivity (Wildman–Crippen MR) is 237 cm³/mol. The number of nitrogens with one attached hydrogen (secondary N) is 4. The van der Waals surface area contributed by atoms with Crippen LogP contribution in [0, 0.1) is 17.8 Å². The van der Waals surface area contributed by atoms with Gasteiger partial charge in [-0.15, -0.1) is 6.58 Å². The number of aromatic nitrogens is 4. The lowest BCUT2D eigenvalue weighted by Crippen LogP contribution is -2.52. The van der Waals surface area contributed by atoms with Crippen LogP contribution in [-0.4, -0.2) is 92.1 Å². The summed E-state index contributed by atoms with van der Waals surface area (Å²) in [7, 11) is 2.57. The van der Waals surface area contributed by atoms with E-state index in [1.807, 2.05) is 75.1 Å². The number of alkyl carbamates (subject to hydrolysis) is 2. The maximum atomic E-state index is 14.1. The van der Waals surface area contributed by atoms with E-state index in [9.17, 15) is 19.2 Å². The van der Waals surface area contributed by atoms with Gasteiger partial charge in [0.15, 0.2) is 0 Å². The Balaban J connectivity index is 1.04. The summed E-state index contributed by atoms with van der Waals surface area (Å²) in [5.74, 6) is 1.10. The zero-order valence-electron chi connectivity index (χ0n) is 34.9. The van der Waals surface area contributed by atoms with Gasteiger partial charge in [0.2, 0.25) is 11.8 Å². The minimum atomic E-state index is -0.784. The Labute approximate surface area is 367 Å². The maximum absolute atomic E-state index is 14.1. The van der Waals surface area contributed by atoms with Gasteiger partial charge in [0.25, 0.3) is 0 Å². The summed E-state index contributed by atoms with van der Waals surface area (Å²) < 4.78 is 10.3. The molecule has 16 heteroatoms. The number of H-pyrrole nitrogens is 2. The number of rotatable bonds is 11. The number of imidazole rings is 2. The highest BCUT2D eigenvalue weighted by atomic mass is 79.9. The van der Waals surface area contributed by atoms with E-state index in [2.05, 4.69) is 49.2 Å². The van der Waals surface area contributed by atoms with Crippen molar-refractivity contribution in [3.8, 4) is 22.4 Å². The standard InChI is InChI=1S/C45H50BrClN8O6/c1-8-27-14-16-32(54(27)42(56)35(21(2)3)51-44(58)60-6)40-48-31-20-30(47)29-17-25(13-15-28(29)38(31)50-40)23-9-11-24(12-10-23)37-39(46)53-41(49-37)34-19-26-18-33(26)55(34)43(57)36(22(4)5)52-45(59)61-7/h8-13,15,17,20-22,26-27,32-36H,1,14,16,18-19H2,2-7H3,(H,48,50)(H,49,53)(H,51,58)(H,52,59)/t26-,27-,32+,33-,34+,35+,36+/m1/s1. The number of amides is 4. The van der Waals surface area contributed by atoms with Crippen LogP contribution in [0.5, 0.6) is 0 Å². The first-order valence-corrected chi connectivity index (χ1v) is 21.8. The zero-order valence-corrected chi connectivity index (χ0v) is 37.3. The first-order chi connectivity index (χ1) is 29.2. The number of carbonyl (C=O) groups is 4. The molecule has 0 bridgehead atoms. The molecule has 3 aliphatic rings. The second-order valence-corrected chi connectivity index (χ2v) is 18.1. The van der Waals surface area contributed by atoms with Crippen molar-refractivity contribution in [1.82, 2.24) is 40.4 Å². The van der Waals surface area contributed by atoms with E-state index < -0.39 is 24.3 Å². The fraction of sp³-hybridized carbons (Fsp3) is 0.422. The largest absolute Gasteiger partial charge is 0.453 e. The summed E-state index contributed by atoms with van der Waals surface area (Å²) in [6.45, 7) is 11.6. The summed E-state index contributed by atoms with van der Waals surface area (Å²) in [6.07, 6.45) is 3.61. The van der Waals surface area contributed by atoms with Crippen LogP contribution in [0.15, 0.2) is 65.8 Å². The van der Waals surface area contributed by atoms with E-state index >= 15 is 0 Å². The van der Waals surface area contributed by atoms with Crippen LogP contribution in [0.2, 0.25) is 5.02 Å². The van der Waals surface area contributed by atoms with Gasteiger partial charge in [-0.05, 0) is 82.6 Å². The summed E-state index contributed by atoms with van der Waals surface area (Å²) in [6, 6.07) is 14.0.